The first-order valence-electron chi connectivity index (χ1n) is 5.15. The van der Waals surface area contributed by atoms with Crippen LogP contribution in [0.15, 0.2) is 0 Å². The monoisotopic (exact) mass is 185 g/mol. The molecule has 0 heterocycles. The Morgan fingerprint density at radius 2 is 2.31 bits per heavy atom. The fourth-order valence-electron chi connectivity index (χ4n) is 1.35. The van der Waals surface area contributed by atoms with E-state index in [-0.39, 0.29) is 12.1 Å². The quantitative estimate of drug-likeness (QED) is 0.660. The van der Waals surface area contributed by atoms with Crippen molar-refractivity contribution in [2.75, 3.05) is 6.54 Å². The summed E-state index contributed by atoms with van der Waals surface area (Å²) in [4.78, 5) is 11.3. The summed E-state index contributed by atoms with van der Waals surface area (Å²) in [5, 5.41) is 0. The van der Waals surface area contributed by atoms with E-state index in [1.54, 1.807) is 0 Å². The summed E-state index contributed by atoms with van der Waals surface area (Å²) in [5.41, 5.74) is 5.50. The van der Waals surface area contributed by atoms with Crippen LogP contribution in [0.1, 0.15) is 39.0 Å². The lowest BCUT2D eigenvalue weighted by Crippen LogP contribution is -2.27. The molecule has 76 valence electrons. The second kappa shape index (κ2) is 5.22. The maximum atomic E-state index is 11.3. The SMILES string of the molecule is CCC(CN)CC(=O)OC1CCC1. The van der Waals surface area contributed by atoms with Gasteiger partial charge in [-0.05, 0) is 31.7 Å². The number of carbonyl (C=O) groups is 1. The van der Waals surface area contributed by atoms with Crippen molar-refractivity contribution in [1.29, 1.82) is 0 Å². The number of carbonyl (C=O) groups excluding carboxylic acids is 1. The summed E-state index contributed by atoms with van der Waals surface area (Å²) >= 11 is 0. The Morgan fingerprint density at radius 3 is 2.69 bits per heavy atom. The van der Waals surface area contributed by atoms with Crippen LogP contribution in [0.2, 0.25) is 0 Å². The Hall–Kier alpha value is -0.570. The molecule has 1 aliphatic carbocycles. The van der Waals surface area contributed by atoms with Gasteiger partial charge in [0, 0.05) is 6.42 Å². The van der Waals surface area contributed by atoms with Gasteiger partial charge in [0.15, 0.2) is 0 Å². The third-order valence-electron chi connectivity index (χ3n) is 2.72. The van der Waals surface area contributed by atoms with E-state index in [9.17, 15) is 4.79 Å². The molecule has 0 aromatic heterocycles. The average molecular weight is 185 g/mol. The molecule has 1 rings (SSSR count). The number of ether oxygens (including phenoxy) is 1. The van der Waals surface area contributed by atoms with Crippen LogP contribution in [-0.2, 0) is 9.53 Å². The standard InChI is InChI=1S/C10H19NO2/c1-2-8(7-11)6-10(12)13-9-4-3-5-9/h8-9H,2-7,11H2,1H3. The van der Waals surface area contributed by atoms with Crippen molar-refractivity contribution >= 4 is 5.97 Å². The Bertz CT molecular complexity index is 162. The second-order valence-electron chi connectivity index (χ2n) is 3.76. The van der Waals surface area contributed by atoms with Crippen LogP contribution in [0.4, 0.5) is 0 Å². The minimum absolute atomic E-state index is 0.0676. The van der Waals surface area contributed by atoms with Gasteiger partial charge in [0.05, 0.1) is 0 Å². The molecule has 0 spiro atoms. The molecule has 0 aliphatic heterocycles. The van der Waals surface area contributed by atoms with Gasteiger partial charge in [-0.25, -0.2) is 0 Å². The zero-order valence-corrected chi connectivity index (χ0v) is 8.29. The fraction of sp³-hybridized carbons (Fsp3) is 0.900. The molecular weight excluding hydrogens is 166 g/mol. The predicted octanol–water partition coefficient (Wildman–Crippen LogP) is 1.46. The molecule has 13 heavy (non-hydrogen) atoms. The first-order chi connectivity index (χ1) is 6.26. The van der Waals surface area contributed by atoms with Crippen molar-refractivity contribution in [1.82, 2.24) is 0 Å². The Labute approximate surface area is 79.6 Å². The van der Waals surface area contributed by atoms with E-state index >= 15 is 0 Å². The topological polar surface area (TPSA) is 52.3 Å². The van der Waals surface area contributed by atoms with Gasteiger partial charge < -0.3 is 10.5 Å². The molecule has 0 bridgehead atoms. The first kappa shape index (κ1) is 10.5. The van der Waals surface area contributed by atoms with Crippen LogP contribution < -0.4 is 5.73 Å². The van der Waals surface area contributed by atoms with E-state index in [0.29, 0.717) is 18.9 Å². The zero-order valence-electron chi connectivity index (χ0n) is 8.29. The average Bonchev–Trinajstić information content (AvgIpc) is 2.07. The molecule has 1 atom stereocenters. The fourth-order valence-corrected chi connectivity index (χ4v) is 1.35. The summed E-state index contributed by atoms with van der Waals surface area (Å²) < 4.78 is 5.23. The van der Waals surface area contributed by atoms with Crippen LogP contribution in [0, 0.1) is 5.92 Å². The molecule has 1 aliphatic rings. The Balaban J connectivity index is 2.14. The molecule has 0 radical (unpaired) electrons. The number of nitrogens with two attached hydrogens (primary N) is 1. The summed E-state index contributed by atoms with van der Waals surface area (Å²) in [6, 6.07) is 0. The number of esters is 1. The van der Waals surface area contributed by atoms with Crippen molar-refractivity contribution in [3.05, 3.63) is 0 Å². The van der Waals surface area contributed by atoms with Crippen LogP contribution in [0.3, 0.4) is 0 Å². The van der Waals surface area contributed by atoms with Gasteiger partial charge in [0.25, 0.3) is 0 Å². The largest absolute Gasteiger partial charge is 0.462 e. The number of hydrogen-bond acceptors (Lipinski definition) is 3. The van der Waals surface area contributed by atoms with Gasteiger partial charge >= 0.3 is 5.97 Å². The normalized spacial score (nSPS) is 19.2. The van der Waals surface area contributed by atoms with Crippen LogP contribution in [0.5, 0.6) is 0 Å². The maximum absolute atomic E-state index is 11.3. The minimum Gasteiger partial charge on any atom is -0.462 e. The van der Waals surface area contributed by atoms with Crippen molar-refractivity contribution in [2.24, 2.45) is 11.7 Å². The molecule has 0 aromatic rings. The smallest absolute Gasteiger partial charge is 0.306 e. The molecule has 3 heteroatoms. The maximum Gasteiger partial charge on any atom is 0.306 e. The third-order valence-corrected chi connectivity index (χ3v) is 2.72. The molecule has 1 unspecified atom stereocenters. The van der Waals surface area contributed by atoms with Crippen LogP contribution >= 0.6 is 0 Å². The lowest BCUT2D eigenvalue weighted by atomic mass is 9.96. The second-order valence-corrected chi connectivity index (χ2v) is 3.76. The summed E-state index contributed by atoms with van der Waals surface area (Å²) in [7, 11) is 0. The number of hydrogen-bond donors (Lipinski definition) is 1. The molecule has 0 aromatic carbocycles. The minimum atomic E-state index is -0.0676. The number of rotatable bonds is 5. The van der Waals surface area contributed by atoms with E-state index in [1.807, 2.05) is 6.92 Å². The molecule has 2 N–H and O–H groups in total. The van der Waals surface area contributed by atoms with Gasteiger partial charge in [-0.15, -0.1) is 0 Å². The molecular formula is C10H19NO2. The molecule has 0 saturated heterocycles. The highest BCUT2D eigenvalue weighted by molar-refractivity contribution is 5.70. The molecule has 3 nitrogen and oxygen atoms in total. The van der Waals surface area contributed by atoms with Gasteiger partial charge in [-0.2, -0.15) is 0 Å². The van der Waals surface area contributed by atoms with Crippen LogP contribution in [-0.4, -0.2) is 18.6 Å². The van der Waals surface area contributed by atoms with Crippen molar-refractivity contribution < 1.29 is 9.53 Å². The van der Waals surface area contributed by atoms with E-state index in [0.717, 1.165) is 19.3 Å². The predicted molar refractivity (Wildman–Crippen MR) is 51.2 cm³/mol. The summed E-state index contributed by atoms with van der Waals surface area (Å²) in [6.07, 6.45) is 4.95. The summed E-state index contributed by atoms with van der Waals surface area (Å²) in [5.74, 6) is 0.231. The molecule has 1 saturated carbocycles. The van der Waals surface area contributed by atoms with Crippen molar-refractivity contribution in [3.8, 4) is 0 Å². The van der Waals surface area contributed by atoms with E-state index in [2.05, 4.69) is 0 Å². The van der Waals surface area contributed by atoms with Gasteiger partial charge in [-0.1, -0.05) is 13.3 Å². The highest BCUT2D eigenvalue weighted by Crippen LogP contribution is 2.23. The van der Waals surface area contributed by atoms with E-state index in [4.69, 9.17) is 10.5 Å². The zero-order chi connectivity index (χ0) is 9.68. The van der Waals surface area contributed by atoms with Gasteiger partial charge in [-0.3, -0.25) is 4.79 Å². The highest BCUT2D eigenvalue weighted by atomic mass is 16.5. The molecule has 0 amide bonds. The Kier molecular flexibility index (Phi) is 4.22. The summed E-state index contributed by atoms with van der Waals surface area (Å²) in [6.45, 7) is 2.63. The van der Waals surface area contributed by atoms with Crippen molar-refractivity contribution in [2.45, 2.75) is 45.1 Å². The van der Waals surface area contributed by atoms with Gasteiger partial charge in [0.1, 0.15) is 6.10 Å². The lowest BCUT2D eigenvalue weighted by Gasteiger charge is -2.25. The highest BCUT2D eigenvalue weighted by Gasteiger charge is 2.22. The molecule has 1 fully saturated rings. The lowest BCUT2D eigenvalue weighted by molar-refractivity contribution is -0.154. The van der Waals surface area contributed by atoms with E-state index < -0.39 is 0 Å². The third kappa shape index (κ3) is 3.35. The van der Waals surface area contributed by atoms with Crippen molar-refractivity contribution in [3.63, 3.8) is 0 Å². The first-order valence-corrected chi connectivity index (χ1v) is 5.15. The van der Waals surface area contributed by atoms with Gasteiger partial charge in [0.2, 0.25) is 0 Å². The van der Waals surface area contributed by atoms with Crippen LogP contribution in [0.25, 0.3) is 0 Å². The van der Waals surface area contributed by atoms with E-state index in [1.165, 1.54) is 6.42 Å². The Morgan fingerprint density at radius 1 is 1.62 bits per heavy atom.